The van der Waals surface area contributed by atoms with Crippen LogP contribution in [-0.2, 0) is 4.74 Å². The zero-order valence-corrected chi connectivity index (χ0v) is 14.8. The van der Waals surface area contributed by atoms with E-state index in [1.807, 2.05) is 0 Å². The third kappa shape index (κ3) is 4.24. The summed E-state index contributed by atoms with van der Waals surface area (Å²) in [6.45, 7) is 4.74. The normalized spacial score (nSPS) is 28.3. The number of hydrogen-bond acceptors (Lipinski definition) is 5. The SMILES string of the molecule is CC(CN)CN1NCCC2=C[C@@H](OC3C=CC(P)=CC3)NC=C21. The average molecular weight is 334 g/mol. The molecule has 0 aromatic carbocycles. The molecule has 23 heavy (non-hydrogen) atoms. The van der Waals surface area contributed by atoms with Crippen molar-refractivity contribution in [2.45, 2.75) is 32.1 Å². The highest BCUT2D eigenvalue weighted by molar-refractivity contribution is 7.22. The average Bonchev–Trinajstić information content (AvgIpc) is 2.57. The van der Waals surface area contributed by atoms with E-state index in [2.05, 4.69) is 62.4 Å². The van der Waals surface area contributed by atoms with Gasteiger partial charge in [0, 0.05) is 19.3 Å². The maximum absolute atomic E-state index is 6.14. The summed E-state index contributed by atoms with van der Waals surface area (Å²) in [4.78, 5) is 0. The molecule has 2 aliphatic heterocycles. The lowest BCUT2D eigenvalue weighted by Crippen LogP contribution is -2.48. The van der Waals surface area contributed by atoms with Gasteiger partial charge in [-0.15, -0.1) is 9.24 Å². The fraction of sp³-hybridized carbons (Fsp3) is 0.529. The number of fused-ring (bicyclic) bond motifs is 1. The number of dihydropyridines is 1. The monoisotopic (exact) mass is 334 g/mol. The van der Waals surface area contributed by atoms with Crippen LogP contribution in [0.4, 0.5) is 0 Å². The van der Waals surface area contributed by atoms with Gasteiger partial charge in [0.1, 0.15) is 6.23 Å². The fourth-order valence-electron chi connectivity index (χ4n) is 2.98. The van der Waals surface area contributed by atoms with E-state index in [4.69, 9.17) is 10.5 Å². The second-order valence-electron chi connectivity index (χ2n) is 6.39. The molecule has 3 aliphatic rings. The Bertz CT molecular complexity index is 555. The molecule has 0 bridgehead atoms. The van der Waals surface area contributed by atoms with Gasteiger partial charge in [-0.2, -0.15) is 0 Å². The van der Waals surface area contributed by atoms with Crippen molar-refractivity contribution in [3.8, 4) is 0 Å². The fourth-order valence-corrected chi connectivity index (χ4v) is 3.22. The molecule has 0 amide bonds. The Kier molecular flexibility index (Phi) is 5.54. The van der Waals surface area contributed by atoms with E-state index in [1.165, 1.54) is 16.6 Å². The molecule has 1 fully saturated rings. The molecule has 4 atom stereocenters. The minimum absolute atomic E-state index is 0.0604. The van der Waals surface area contributed by atoms with Gasteiger partial charge in [-0.25, -0.2) is 5.43 Å². The molecule has 6 heteroatoms. The number of nitrogens with one attached hydrogen (secondary N) is 2. The number of rotatable bonds is 5. The van der Waals surface area contributed by atoms with Crippen LogP contribution in [0.5, 0.6) is 0 Å². The van der Waals surface area contributed by atoms with Crippen LogP contribution in [0.15, 0.2) is 47.1 Å². The van der Waals surface area contributed by atoms with Gasteiger partial charge in [0.05, 0.1) is 11.8 Å². The van der Waals surface area contributed by atoms with Gasteiger partial charge in [-0.05, 0) is 42.3 Å². The highest BCUT2D eigenvalue weighted by Crippen LogP contribution is 2.26. The number of hydrogen-bond donors (Lipinski definition) is 3. The van der Waals surface area contributed by atoms with E-state index in [0.29, 0.717) is 12.5 Å². The summed E-state index contributed by atoms with van der Waals surface area (Å²) in [7, 11) is 2.72. The van der Waals surface area contributed by atoms with Crippen molar-refractivity contribution < 1.29 is 4.74 Å². The quantitative estimate of drug-likeness (QED) is 0.667. The third-order valence-corrected chi connectivity index (χ3v) is 4.79. The molecular weight excluding hydrogens is 307 g/mol. The minimum atomic E-state index is -0.0604. The molecule has 0 aromatic heterocycles. The van der Waals surface area contributed by atoms with Crippen molar-refractivity contribution in [2.24, 2.45) is 11.7 Å². The third-order valence-electron chi connectivity index (χ3n) is 4.36. The Morgan fingerprint density at radius 2 is 2.39 bits per heavy atom. The number of hydrazine groups is 1. The maximum Gasteiger partial charge on any atom is 0.148 e. The summed E-state index contributed by atoms with van der Waals surface area (Å²) in [6.07, 6.45) is 12.7. The Morgan fingerprint density at radius 1 is 1.52 bits per heavy atom. The second-order valence-corrected chi connectivity index (χ2v) is 7.06. The second kappa shape index (κ2) is 7.63. The van der Waals surface area contributed by atoms with Gasteiger partial charge < -0.3 is 20.8 Å². The molecule has 3 rings (SSSR count). The first-order valence-corrected chi connectivity index (χ1v) is 8.91. The maximum atomic E-state index is 6.14. The van der Waals surface area contributed by atoms with Gasteiger partial charge >= 0.3 is 0 Å². The Labute approximate surface area is 140 Å². The lowest BCUT2D eigenvalue weighted by Gasteiger charge is -2.38. The number of nitrogens with two attached hydrogens (primary N) is 1. The molecule has 3 unspecified atom stereocenters. The molecule has 5 nitrogen and oxygen atoms in total. The number of allylic oxidation sites excluding steroid dienone is 3. The summed E-state index contributed by atoms with van der Waals surface area (Å²) in [5, 5.41) is 6.80. The Morgan fingerprint density at radius 3 is 3.13 bits per heavy atom. The highest BCUT2D eigenvalue weighted by Gasteiger charge is 2.25. The molecule has 0 radical (unpaired) electrons. The Hall–Kier alpha value is -1.13. The summed E-state index contributed by atoms with van der Waals surface area (Å²) < 4.78 is 6.14. The zero-order chi connectivity index (χ0) is 16.2. The zero-order valence-electron chi connectivity index (χ0n) is 13.7. The predicted octanol–water partition coefficient (Wildman–Crippen LogP) is 1.59. The van der Waals surface area contributed by atoms with E-state index in [1.54, 1.807) is 0 Å². The first-order chi connectivity index (χ1) is 11.2. The number of nitrogens with zero attached hydrogens (tertiary/aromatic N) is 1. The topological polar surface area (TPSA) is 62.5 Å². The molecule has 0 spiro atoms. The largest absolute Gasteiger partial charge is 0.361 e. The van der Waals surface area contributed by atoms with Crippen molar-refractivity contribution in [3.05, 3.63) is 47.1 Å². The Balaban J connectivity index is 1.61. The van der Waals surface area contributed by atoms with Crippen molar-refractivity contribution in [1.29, 1.82) is 0 Å². The van der Waals surface area contributed by atoms with Crippen LogP contribution < -0.4 is 16.5 Å². The molecular formula is C17H27N4OP. The minimum Gasteiger partial charge on any atom is -0.361 e. The van der Waals surface area contributed by atoms with E-state index >= 15 is 0 Å². The van der Waals surface area contributed by atoms with Gasteiger partial charge in [-0.3, -0.25) is 0 Å². The summed E-state index contributed by atoms with van der Waals surface area (Å²) in [5.41, 5.74) is 11.8. The molecule has 1 aliphatic carbocycles. The van der Waals surface area contributed by atoms with Crippen molar-refractivity contribution in [1.82, 2.24) is 15.8 Å². The van der Waals surface area contributed by atoms with Crippen LogP contribution in [0.1, 0.15) is 19.8 Å². The molecule has 126 valence electrons. The van der Waals surface area contributed by atoms with E-state index in [0.717, 1.165) is 25.9 Å². The number of ether oxygens (including phenoxy) is 1. The first-order valence-electron chi connectivity index (χ1n) is 8.33. The van der Waals surface area contributed by atoms with Gasteiger partial charge in [0.2, 0.25) is 0 Å². The lowest BCUT2D eigenvalue weighted by molar-refractivity contribution is 0.0276. The van der Waals surface area contributed by atoms with Crippen LogP contribution >= 0.6 is 9.24 Å². The van der Waals surface area contributed by atoms with E-state index in [9.17, 15) is 0 Å². The standard InChI is InChI=1S/C17H27N4OP/c1-12(9-18)11-21-16-10-19-17(8-13(16)6-7-20-21)22-14-2-4-15(23)5-3-14/h2,4-5,8,10,12,14,17,19-20H,3,6-7,9,11,18,23H2,1H3/t12?,14?,17-/m1/s1. The molecule has 2 heterocycles. The smallest absolute Gasteiger partial charge is 0.148 e. The van der Waals surface area contributed by atoms with Crippen molar-refractivity contribution in [2.75, 3.05) is 19.6 Å². The van der Waals surface area contributed by atoms with E-state index < -0.39 is 0 Å². The van der Waals surface area contributed by atoms with Crippen LogP contribution in [0.3, 0.4) is 0 Å². The van der Waals surface area contributed by atoms with Crippen LogP contribution in [0.25, 0.3) is 0 Å². The summed E-state index contributed by atoms with van der Waals surface area (Å²) in [5.74, 6) is 0.456. The lowest BCUT2D eigenvalue weighted by atomic mass is 10.0. The van der Waals surface area contributed by atoms with Crippen LogP contribution in [0, 0.1) is 5.92 Å². The molecule has 0 saturated carbocycles. The van der Waals surface area contributed by atoms with Gasteiger partial charge in [-0.1, -0.05) is 25.2 Å². The van der Waals surface area contributed by atoms with Gasteiger partial charge in [0.15, 0.2) is 0 Å². The molecule has 1 saturated heterocycles. The predicted molar refractivity (Wildman–Crippen MR) is 97.1 cm³/mol. The van der Waals surface area contributed by atoms with Crippen molar-refractivity contribution >= 4 is 9.24 Å². The highest BCUT2D eigenvalue weighted by atomic mass is 31.0. The van der Waals surface area contributed by atoms with E-state index in [-0.39, 0.29) is 12.3 Å². The summed E-state index contributed by atoms with van der Waals surface area (Å²) >= 11 is 0. The van der Waals surface area contributed by atoms with Crippen molar-refractivity contribution in [3.63, 3.8) is 0 Å². The van der Waals surface area contributed by atoms with Crippen LogP contribution in [0.2, 0.25) is 0 Å². The first kappa shape index (κ1) is 16.7. The summed E-state index contributed by atoms with van der Waals surface area (Å²) in [6, 6.07) is 0. The molecule has 4 N–H and O–H groups in total. The molecule has 0 aromatic rings. The van der Waals surface area contributed by atoms with Gasteiger partial charge in [0.25, 0.3) is 0 Å². The van der Waals surface area contributed by atoms with Crippen LogP contribution in [-0.4, -0.2) is 37.0 Å².